The Balaban J connectivity index is 2.03. The summed E-state index contributed by atoms with van der Waals surface area (Å²) in [6, 6.07) is 10.2. The molecule has 3 nitrogen and oxygen atoms in total. The van der Waals surface area contributed by atoms with Crippen molar-refractivity contribution < 1.29 is 4.42 Å². The maximum Gasteiger partial charge on any atom is 0.183 e. The van der Waals surface area contributed by atoms with E-state index in [4.69, 9.17) is 4.42 Å². The molecule has 1 aromatic heterocycles. The molecule has 0 bridgehead atoms. The number of nitrogens with one attached hydrogen (secondary N) is 1. The summed E-state index contributed by atoms with van der Waals surface area (Å²) in [5, 5.41) is 3.33. The molecule has 1 N–H and O–H groups in total. The van der Waals surface area contributed by atoms with Crippen LogP contribution in [0.4, 0.5) is 11.4 Å². The summed E-state index contributed by atoms with van der Waals surface area (Å²) < 4.78 is 7.17. The molecule has 0 radical (unpaired) electrons. The van der Waals surface area contributed by atoms with E-state index in [1.165, 1.54) is 5.69 Å². The van der Waals surface area contributed by atoms with Gasteiger partial charge in [-0.15, -0.1) is 0 Å². The molecule has 0 spiro atoms. The Morgan fingerprint density at radius 2 is 2.00 bits per heavy atom. The zero-order valence-electron chi connectivity index (χ0n) is 10.2. The lowest BCUT2D eigenvalue weighted by Gasteiger charge is -2.14. The molecule has 2 aromatic rings. The average Bonchev–Trinajstić information content (AvgIpc) is 2.67. The van der Waals surface area contributed by atoms with Gasteiger partial charge in [0, 0.05) is 25.5 Å². The number of hydrogen-bond acceptors (Lipinski definition) is 3. The summed E-state index contributed by atoms with van der Waals surface area (Å²) in [6.07, 6.45) is 0. The van der Waals surface area contributed by atoms with Crippen LogP contribution in [0.1, 0.15) is 5.76 Å². The van der Waals surface area contributed by atoms with Crippen molar-refractivity contribution in [1.82, 2.24) is 0 Å². The molecule has 2 rings (SSSR count). The Bertz CT molecular complexity index is 518. The summed E-state index contributed by atoms with van der Waals surface area (Å²) in [5.74, 6) is 0.879. The van der Waals surface area contributed by atoms with Gasteiger partial charge in [0.15, 0.2) is 4.67 Å². The largest absolute Gasteiger partial charge is 0.451 e. The van der Waals surface area contributed by atoms with E-state index in [1.807, 2.05) is 32.3 Å². The van der Waals surface area contributed by atoms with E-state index >= 15 is 0 Å². The minimum atomic E-state index is 0.654. The fourth-order valence-electron chi connectivity index (χ4n) is 1.56. The van der Waals surface area contributed by atoms with E-state index in [0.29, 0.717) is 6.54 Å². The van der Waals surface area contributed by atoms with Crippen LogP contribution in [-0.2, 0) is 6.54 Å². The van der Waals surface area contributed by atoms with Gasteiger partial charge in [0.2, 0.25) is 0 Å². The average molecular weight is 374 g/mol. The van der Waals surface area contributed by atoms with Gasteiger partial charge in [0.25, 0.3) is 0 Å². The third kappa shape index (κ3) is 3.29. The van der Waals surface area contributed by atoms with Gasteiger partial charge in [-0.25, -0.2) is 0 Å². The Morgan fingerprint density at radius 3 is 2.61 bits per heavy atom. The van der Waals surface area contributed by atoms with Crippen molar-refractivity contribution in [3.63, 3.8) is 0 Å². The van der Waals surface area contributed by atoms with Gasteiger partial charge < -0.3 is 14.6 Å². The molecule has 18 heavy (non-hydrogen) atoms. The third-order valence-corrected chi connectivity index (χ3v) is 4.24. The zero-order chi connectivity index (χ0) is 13.1. The molecule has 1 heterocycles. The number of hydrogen-bond donors (Lipinski definition) is 1. The fourth-order valence-corrected chi connectivity index (χ4v) is 2.22. The van der Waals surface area contributed by atoms with Gasteiger partial charge in [0.05, 0.1) is 11.0 Å². The standard InChI is InChI=1S/C13H14Br2N2O/c1-17(2)10-5-3-4-9(6-10)16-8-11-7-12(14)13(15)18-11/h3-7,16H,8H2,1-2H3. The summed E-state index contributed by atoms with van der Waals surface area (Å²) >= 11 is 6.72. The predicted molar refractivity (Wildman–Crippen MR) is 82.2 cm³/mol. The Labute approximate surface area is 123 Å². The first-order valence-electron chi connectivity index (χ1n) is 5.51. The molecular weight excluding hydrogens is 360 g/mol. The smallest absolute Gasteiger partial charge is 0.183 e. The van der Waals surface area contributed by atoms with Gasteiger partial charge >= 0.3 is 0 Å². The second-order valence-electron chi connectivity index (χ2n) is 4.13. The van der Waals surface area contributed by atoms with E-state index in [2.05, 4.69) is 54.2 Å². The lowest BCUT2D eigenvalue weighted by atomic mass is 10.2. The van der Waals surface area contributed by atoms with Crippen LogP contribution < -0.4 is 10.2 Å². The molecule has 0 atom stereocenters. The van der Waals surface area contributed by atoms with E-state index in [0.717, 1.165) is 20.6 Å². The molecule has 0 aliphatic carbocycles. The van der Waals surface area contributed by atoms with Crippen molar-refractivity contribution in [3.05, 3.63) is 45.2 Å². The minimum Gasteiger partial charge on any atom is -0.451 e. The van der Waals surface area contributed by atoms with Crippen LogP contribution in [0.5, 0.6) is 0 Å². The van der Waals surface area contributed by atoms with Crippen molar-refractivity contribution in [1.29, 1.82) is 0 Å². The maximum absolute atomic E-state index is 5.51. The molecular formula is C13H14Br2N2O. The Hall–Kier alpha value is -0.940. The second-order valence-corrected chi connectivity index (χ2v) is 5.71. The SMILES string of the molecule is CN(C)c1cccc(NCc2cc(Br)c(Br)o2)c1. The van der Waals surface area contributed by atoms with E-state index in [1.54, 1.807) is 0 Å². The first-order chi connectivity index (χ1) is 8.56. The van der Waals surface area contributed by atoms with Gasteiger partial charge in [0.1, 0.15) is 5.76 Å². The van der Waals surface area contributed by atoms with Crippen molar-refractivity contribution in [2.45, 2.75) is 6.54 Å². The summed E-state index contributed by atoms with van der Waals surface area (Å²) in [6.45, 7) is 0.654. The Kier molecular flexibility index (Phi) is 4.35. The summed E-state index contributed by atoms with van der Waals surface area (Å²) in [5.41, 5.74) is 2.24. The van der Waals surface area contributed by atoms with E-state index in [9.17, 15) is 0 Å². The van der Waals surface area contributed by atoms with Crippen LogP contribution in [0.15, 0.2) is 43.9 Å². The lowest BCUT2D eigenvalue weighted by molar-refractivity contribution is 0.494. The first kappa shape index (κ1) is 13.5. The molecule has 0 amide bonds. The predicted octanol–water partition coefficient (Wildman–Crippen LogP) is 4.48. The summed E-state index contributed by atoms with van der Waals surface area (Å²) in [4.78, 5) is 2.07. The van der Waals surface area contributed by atoms with Crippen LogP contribution in [0, 0.1) is 0 Å². The van der Waals surface area contributed by atoms with Crippen molar-refractivity contribution in [2.24, 2.45) is 0 Å². The molecule has 96 valence electrons. The lowest BCUT2D eigenvalue weighted by Crippen LogP contribution is -2.09. The molecule has 0 unspecified atom stereocenters. The maximum atomic E-state index is 5.51. The highest BCUT2D eigenvalue weighted by Crippen LogP contribution is 2.27. The molecule has 0 saturated carbocycles. The number of nitrogens with zero attached hydrogens (tertiary/aromatic N) is 1. The number of rotatable bonds is 4. The second kappa shape index (κ2) is 5.80. The topological polar surface area (TPSA) is 28.4 Å². The minimum absolute atomic E-state index is 0.654. The van der Waals surface area contributed by atoms with Crippen molar-refractivity contribution in [3.8, 4) is 0 Å². The van der Waals surface area contributed by atoms with E-state index < -0.39 is 0 Å². The highest BCUT2D eigenvalue weighted by atomic mass is 79.9. The molecule has 0 aliphatic heterocycles. The Morgan fingerprint density at radius 1 is 1.22 bits per heavy atom. The highest BCUT2D eigenvalue weighted by Gasteiger charge is 2.05. The van der Waals surface area contributed by atoms with Gasteiger partial charge in [-0.05, 0) is 56.1 Å². The molecule has 0 aliphatic rings. The van der Waals surface area contributed by atoms with Gasteiger partial charge in [-0.3, -0.25) is 0 Å². The fraction of sp³-hybridized carbons (Fsp3) is 0.231. The van der Waals surface area contributed by atoms with Crippen LogP contribution in [0.3, 0.4) is 0 Å². The molecule has 0 saturated heterocycles. The zero-order valence-corrected chi connectivity index (χ0v) is 13.4. The monoisotopic (exact) mass is 372 g/mol. The molecule has 5 heteroatoms. The van der Waals surface area contributed by atoms with E-state index in [-0.39, 0.29) is 0 Å². The van der Waals surface area contributed by atoms with Gasteiger partial charge in [-0.1, -0.05) is 6.07 Å². The van der Waals surface area contributed by atoms with Crippen LogP contribution in [-0.4, -0.2) is 14.1 Å². The normalized spacial score (nSPS) is 10.4. The van der Waals surface area contributed by atoms with Crippen molar-refractivity contribution >= 4 is 43.2 Å². The third-order valence-electron chi connectivity index (χ3n) is 2.53. The van der Waals surface area contributed by atoms with Gasteiger partial charge in [-0.2, -0.15) is 0 Å². The molecule has 1 aromatic carbocycles. The first-order valence-corrected chi connectivity index (χ1v) is 7.10. The quantitative estimate of drug-likeness (QED) is 0.856. The van der Waals surface area contributed by atoms with Crippen molar-refractivity contribution in [2.75, 3.05) is 24.3 Å². The van der Waals surface area contributed by atoms with Crippen LogP contribution in [0.25, 0.3) is 0 Å². The number of furan rings is 1. The highest BCUT2D eigenvalue weighted by molar-refractivity contribution is 9.13. The number of halogens is 2. The van der Waals surface area contributed by atoms with Crippen LogP contribution in [0.2, 0.25) is 0 Å². The molecule has 0 fully saturated rings. The summed E-state index contributed by atoms with van der Waals surface area (Å²) in [7, 11) is 4.06. The van der Waals surface area contributed by atoms with Crippen LogP contribution >= 0.6 is 31.9 Å². The number of anilines is 2. The number of benzene rings is 1.